The molecule has 0 saturated carbocycles. The Morgan fingerprint density at radius 1 is 0.765 bits per heavy atom. The van der Waals surface area contributed by atoms with Gasteiger partial charge in [0.1, 0.15) is 18.1 Å². The normalized spacial score (nSPS) is 16.5. The van der Waals surface area contributed by atoms with Crippen LogP contribution in [0.3, 0.4) is 0 Å². The van der Waals surface area contributed by atoms with Gasteiger partial charge in [-0.2, -0.15) is 0 Å². The molecule has 0 bridgehead atoms. The predicted molar refractivity (Wildman–Crippen MR) is 127 cm³/mol. The molecule has 0 radical (unpaired) electrons. The van der Waals surface area contributed by atoms with Crippen LogP contribution in [0.15, 0.2) is 0 Å². The van der Waals surface area contributed by atoms with Crippen LogP contribution < -0.4 is 21.7 Å². The van der Waals surface area contributed by atoms with Crippen LogP contribution in [0.4, 0.5) is 0 Å². The molecule has 6 atom stereocenters. The van der Waals surface area contributed by atoms with Gasteiger partial charge in [0.05, 0.1) is 6.04 Å². The molecule has 11 nitrogen and oxygen atoms in total. The maximum absolute atomic E-state index is 13.1. The Hall–Kier alpha value is -2.69. The summed E-state index contributed by atoms with van der Waals surface area (Å²) in [5.41, 5.74) is 6.00. The highest BCUT2D eigenvalue weighted by Gasteiger charge is 2.33. The summed E-state index contributed by atoms with van der Waals surface area (Å²) < 4.78 is 0. The molecular weight excluding hydrogens is 444 g/mol. The average Bonchev–Trinajstić information content (AvgIpc) is 2.76. The number of nitrogens with two attached hydrogens (primary N) is 1. The van der Waals surface area contributed by atoms with E-state index in [2.05, 4.69) is 16.0 Å². The van der Waals surface area contributed by atoms with E-state index in [4.69, 9.17) is 10.8 Å². The first-order valence-electron chi connectivity index (χ1n) is 11.9. The van der Waals surface area contributed by atoms with Gasteiger partial charge in [-0.3, -0.25) is 19.2 Å². The lowest BCUT2D eigenvalue weighted by Crippen LogP contribution is -2.59. The number of amides is 3. The quantitative estimate of drug-likeness (QED) is 0.185. The number of carboxylic acid groups (broad SMARTS) is 2. The minimum atomic E-state index is -1.41. The van der Waals surface area contributed by atoms with E-state index in [0.717, 1.165) is 0 Å². The minimum absolute atomic E-state index is 0.0548. The first-order valence-corrected chi connectivity index (χ1v) is 11.9. The molecule has 11 heteroatoms. The molecule has 0 heterocycles. The van der Waals surface area contributed by atoms with Crippen LogP contribution in [0, 0.1) is 17.8 Å². The molecule has 0 aliphatic carbocycles. The number of aliphatic carboxylic acids is 2. The van der Waals surface area contributed by atoms with Gasteiger partial charge in [0.15, 0.2) is 0 Å². The van der Waals surface area contributed by atoms with E-state index in [0.29, 0.717) is 19.3 Å². The summed E-state index contributed by atoms with van der Waals surface area (Å²) in [7, 11) is 0. The van der Waals surface area contributed by atoms with E-state index in [-0.39, 0.29) is 24.2 Å². The van der Waals surface area contributed by atoms with E-state index >= 15 is 0 Å². The SMILES string of the molecule is CCC(C)C(N)C(=O)NC(CC(C)C)C(=O)NC(C(=O)NC(CCC(=O)O)C(=O)O)C(C)CC. The van der Waals surface area contributed by atoms with E-state index in [9.17, 15) is 29.1 Å². The summed E-state index contributed by atoms with van der Waals surface area (Å²) in [4.78, 5) is 60.9. The number of hydrogen-bond acceptors (Lipinski definition) is 6. The summed E-state index contributed by atoms with van der Waals surface area (Å²) in [5.74, 6) is -4.69. The molecule has 0 aromatic carbocycles. The van der Waals surface area contributed by atoms with Crippen LogP contribution in [-0.2, 0) is 24.0 Å². The van der Waals surface area contributed by atoms with Gasteiger partial charge in [-0.1, -0.05) is 54.4 Å². The van der Waals surface area contributed by atoms with E-state index in [1.165, 1.54) is 0 Å². The molecule has 0 aliphatic heterocycles. The lowest BCUT2D eigenvalue weighted by Gasteiger charge is -2.29. The maximum Gasteiger partial charge on any atom is 0.326 e. The molecule has 0 aromatic rings. The van der Waals surface area contributed by atoms with Gasteiger partial charge in [0.2, 0.25) is 17.7 Å². The summed E-state index contributed by atoms with van der Waals surface area (Å²) >= 11 is 0. The zero-order valence-electron chi connectivity index (χ0n) is 21.1. The van der Waals surface area contributed by atoms with Crippen LogP contribution in [0.2, 0.25) is 0 Å². The number of carbonyl (C=O) groups is 5. The van der Waals surface area contributed by atoms with Crippen molar-refractivity contribution < 1.29 is 34.2 Å². The van der Waals surface area contributed by atoms with Crippen molar-refractivity contribution in [3.05, 3.63) is 0 Å². The Kier molecular flexibility index (Phi) is 14.1. The number of rotatable bonds is 16. The fourth-order valence-corrected chi connectivity index (χ4v) is 3.23. The van der Waals surface area contributed by atoms with E-state index in [1.807, 2.05) is 34.6 Å². The minimum Gasteiger partial charge on any atom is -0.481 e. The topological polar surface area (TPSA) is 188 Å². The number of hydrogen-bond donors (Lipinski definition) is 6. The Balaban J connectivity index is 5.59. The maximum atomic E-state index is 13.1. The third kappa shape index (κ3) is 11.0. The van der Waals surface area contributed by atoms with Gasteiger partial charge in [-0.15, -0.1) is 0 Å². The molecule has 0 saturated heterocycles. The van der Waals surface area contributed by atoms with Gasteiger partial charge in [0.25, 0.3) is 0 Å². The largest absolute Gasteiger partial charge is 0.481 e. The molecule has 6 unspecified atom stereocenters. The van der Waals surface area contributed by atoms with Crippen LogP contribution >= 0.6 is 0 Å². The Bertz CT molecular complexity index is 713. The molecule has 7 N–H and O–H groups in total. The molecule has 0 aliphatic rings. The smallest absolute Gasteiger partial charge is 0.326 e. The zero-order chi connectivity index (χ0) is 26.6. The van der Waals surface area contributed by atoms with Crippen molar-refractivity contribution in [2.75, 3.05) is 0 Å². The van der Waals surface area contributed by atoms with Crippen molar-refractivity contribution in [2.45, 2.75) is 97.8 Å². The van der Waals surface area contributed by atoms with Crippen LogP contribution in [0.25, 0.3) is 0 Å². The molecule has 0 spiro atoms. The second-order valence-electron chi connectivity index (χ2n) is 9.31. The van der Waals surface area contributed by atoms with Gasteiger partial charge >= 0.3 is 11.9 Å². The van der Waals surface area contributed by atoms with Gasteiger partial charge in [0, 0.05) is 6.42 Å². The highest BCUT2D eigenvalue weighted by atomic mass is 16.4. The number of carbonyl (C=O) groups excluding carboxylic acids is 3. The van der Waals surface area contributed by atoms with Gasteiger partial charge < -0.3 is 31.9 Å². The van der Waals surface area contributed by atoms with Crippen molar-refractivity contribution in [2.24, 2.45) is 23.5 Å². The standard InChI is InChI=1S/C23H42N4O7/c1-7-13(5)18(24)21(31)26-16(11-12(3)4)20(30)27-19(14(6)8-2)22(32)25-15(23(33)34)9-10-17(28)29/h12-16,18-19H,7-11,24H2,1-6H3,(H,25,32)(H,26,31)(H,27,30)(H,28,29)(H,33,34). The number of nitrogens with one attached hydrogen (secondary N) is 3. The fraction of sp³-hybridized carbons (Fsp3) is 0.783. The van der Waals surface area contributed by atoms with E-state index < -0.39 is 60.2 Å². The predicted octanol–water partition coefficient (Wildman–Crippen LogP) is 0.856. The summed E-state index contributed by atoms with van der Waals surface area (Å²) in [5, 5.41) is 25.8. The highest BCUT2D eigenvalue weighted by molar-refractivity contribution is 5.94. The van der Waals surface area contributed by atoms with Crippen LogP contribution in [-0.4, -0.2) is 64.0 Å². The lowest BCUT2D eigenvalue weighted by molar-refractivity contribution is -0.143. The Labute approximate surface area is 201 Å². The molecular formula is C23H42N4O7. The van der Waals surface area contributed by atoms with Crippen molar-refractivity contribution in [3.63, 3.8) is 0 Å². The molecule has 3 amide bonds. The van der Waals surface area contributed by atoms with E-state index in [1.54, 1.807) is 6.92 Å². The lowest BCUT2D eigenvalue weighted by atomic mass is 9.95. The monoisotopic (exact) mass is 486 g/mol. The van der Waals surface area contributed by atoms with Gasteiger partial charge in [-0.05, 0) is 30.6 Å². The van der Waals surface area contributed by atoms with Crippen molar-refractivity contribution in [3.8, 4) is 0 Å². The Morgan fingerprint density at radius 3 is 1.74 bits per heavy atom. The second-order valence-corrected chi connectivity index (χ2v) is 9.31. The molecule has 34 heavy (non-hydrogen) atoms. The Morgan fingerprint density at radius 2 is 1.29 bits per heavy atom. The van der Waals surface area contributed by atoms with Crippen molar-refractivity contribution in [1.82, 2.24) is 16.0 Å². The second kappa shape index (κ2) is 15.3. The van der Waals surface area contributed by atoms with Crippen LogP contribution in [0.1, 0.15) is 73.6 Å². The average molecular weight is 487 g/mol. The zero-order valence-corrected chi connectivity index (χ0v) is 21.1. The summed E-state index contributed by atoms with van der Waals surface area (Å²) in [6, 6.07) is -4.19. The first-order chi connectivity index (χ1) is 15.7. The summed E-state index contributed by atoms with van der Waals surface area (Å²) in [6.45, 7) is 11.1. The third-order valence-corrected chi connectivity index (χ3v) is 5.95. The number of carboxylic acids is 2. The van der Waals surface area contributed by atoms with Crippen molar-refractivity contribution >= 4 is 29.7 Å². The van der Waals surface area contributed by atoms with Crippen LogP contribution in [0.5, 0.6) is 0 Å². The fourth-order valence-electron chi connectivity index (χ4n) is 3.23. The van der Waals surface area contributed by atoms with Gasteiger partial charge in [-0.25, -0.2) is 4.79 Å². The molecule has 0 fully saturated rings. The summed E-state index contributed by atoms with van der Waals surface area (Å²) in [6.07, 6.45) is 0.785. The third-order valence-electron chi connectivity index (χ3n) is 5.95. The first kappa shape index (κ1) is 31.3. The molecule has 0 rings (SSSR count). The molecule has 196 valence electrons. The highest BCUT2D eigenvalue weighted by Crippen LogP contribution is 2.13. The molecule has 0 aromatic heterocycles. The van der Waals surface area contributed by atoms with Crippen molar-refractivity contribution in [1.29, 1.82) is 0 Å².